The summed E-state index contributed by atoms with van der Waals surface area (Å²) in [5.41, 5.74) is 4.65. The first kappa shape index (κ1) is 16.2. The van der Waals surface area contributed by atoms with Crippen molar-refractivity contribution in [2.24, 2.45) is 0 Å². The fraction of sp³-hybridized carbons (Fsp3) is 0.167. The van der Waals surface area contributed by atoms with Gasteiger partial charge in [-0.3, -0.25) is 0 Å². The molecule has 1 aromatic heterocycles. The predicted molar refractivity (Wildman–Crippen MR) is 89.2 cm³/mol. The summed E-state index contributed by atoms with van der Waals surface area (Å²) < 4.78 is 47.2. The van der Waals surface area contributed by atoms with Crippen molar-refractivity contribution in [3.63, 3.8) is 0 Å². The average molecular weight is 410 g/mol. The minimum Gasteiger partial charge on any atom is -0.406 e. The first-order valence-electron chi connectivity index (χ1n) is 7.54. The van der Waals surface area contributed by atoms with Crippen molar-refractivity contribution in [3.05, 3.63) is 58.1 Å². The van der Waals surface area contributed by atoms with Crippen LogP contribution in [0, 0.1) is 0 Å². The fourth-order valence-corrected chi connectivity index (χ4v) is 3.46. The number of halogens is 4. The van der Waals surface area contributed by atoms with Crippen LogP contribution in [0.2, 0.25) is 0 Å². The molecule has 0 saturated carbocycles. The lowest BCUT2D eigenvalue weighted by atomic mass is 9.88. The van der Waals surface area contributed by atoms with Crippen molar-refractivity contribution in [1.29, 1.82) is 0 Å². The van der Waals surface area contributed by atoms with Gasteiger partial charge in [0.2, 0.25) is 0 Å². The van der Waals surface area contributed by atoms with E-state index in [9.17, 15) is 13.2 Å². The van der Waals surface area contributed by atoms with E-state index in [1.165, 1.54) is 17.7 Å². The summed E-state index contributed by atoms with van der Waals surface area (Å²) in [7, 11) is 0. The maximum atomic E-state index is 12.3. The molecule has 0 fully saturated rings. The molecule has 25 heavy (non-hydrogen) atoms. The number of benzene rings is 2. The quantitative estimate of drug-likeness (QED) is 0.538. The molecule has 3 aromatic rings. The second kappa shape index (κ2) is 5.91. The molecule has 0 radical (unpaired) electrons. The van der Waals surface area contributed by atoms with E-state index in [0.717, 1.165) is 34.1 Å². The number of fused-ring (bicyclic) bond motifs is 3. The van der Waals surface area contributed by atoms with Gasteiger partial charge in [-0.15, -0.1) is 13.2 Å². The predicted octanol–water partition coefficient (Wildman–Crippen LogP) is 5.77. The van der Waals surface area contributed by atoms with Gasteiger partial charge in [0, 0.05) is 21.2 Å². The van der Waals surface area contributed by atoms with Gasteiger partial charge in [-0.05, 0) is 54.8 Å². The molecule has 0 bridgehead atoms. The molecule has 0 atom stereocenters. The SMILES string of the molecule is FC(F)(F)Oc1ccc(-c2onc3c2CCc2cc(Br)ccc2-3)cc1. The molecular weight excluding hydrogens is 399 g/mol. The van der Waals surface area contributed by atoms with Crippen LogP contribution in [0.1, 0.15) is 11.1 Å². The number of hydrogen-bond acceptors (Lipinski definition) is 3. The number of alkyl halides is 3. The van der Waals surface area contributed by atoms with Gasteiger partial charge < -0.3 is 9.26 Å². The largest absolute Gasteiger partial charge is 0.573 e. The number of hydrogen-bond donors (Lipinski definition) is 0. The first-order valence-corrected chi connectivity index (χ1v) is 8.33. The number of ether oxygens (including phenoxy) is 1. The molecule has 128 valence electrons. The van der Waals surface area contributed by atoms with E-state index < -0.39 is 6.36 Å². The zero-order chi connectivity index (χ0) is 17.6. The van der Waals surface area contributed by atoms with Crippen molar-refractivity contribution in [2.45, 2.75) is 19.2 Å². The number of rotatable bonds is 2. The molecule has 4 rings (SSSR count). The first-order chi connectivity index (χ1) is 11.9. The summed E-state index contributed by atoms with van der Waals surface area (Å²) in [5, 5.41) is 4.18. The second-order valence-corrected chi connectivity index (χ2v) is 6.63. The summed E-state index contributed by atoms with van der Waals surface area (Å²) in [6.45, 7) is 0. The third kappa shape index (κ3) is 3.16. The Balaban J connectivity index is 1.69. The summed E-state index contributed by atoms with van der Waals surface area (Å²) in [6, 6.07) is 11.6. The van der Waals surface area contributed by atoms with Crippen molar-refractivity contribution >= 4 is 15.9 Å². The van der Waals surface area contributed by atoms with Crippen molar-refractivity contribution in [2.75, 3.05) is 0 Å². The molecule has 0 spiro atoms. The van der Waals surface area contributed by atoms with Gasteiger partial charge in [-0.1, -0.05) is 27.2 Å². The highest BCUT2D eigenvalue weighted by atomic mass is 79.9. The Bertz CT molecular complexity index is 932. The highest BCUT2D eigenvalue weighted by Crippen LogP contribution is 2.39. The molecule has 0 unspecified atom stereocenters. The van der Waals surface area contributed by atoms with Crippen LogP contribution in [0.25, 0.3) is 22.6 Å². The maximum Gasteiger partial charge on any atom is 0.573 e. The van der Waals surface area contributed by atoms with Crippen molar-refractivity contribution in [3.8, 4) is 28.3 Å². The maximum absolute atomic E-state index is 12.3. The van der Waals surface area contributed by atoms with Gasteiger partial charge in [0.05, 0.1) is 0 Å². The molecule has 0 N–H and O–H groups in total. The van der Waals surface area contributed by atoms with Gasteiger partial charge in [0.15, 0.2) is 5.76 Å². The van der Waals surface area contributed by atoms with Gasteiger partial charge in [-0.25, -0.2) is 0 Å². The van der Waals surface area contributed by atoms with Crippen LogP contribution < -0.4 is 4.74 Å². The van der Waals surface area contributed by atoms with Crippen LogP contribution in [-0.4, -0.2) is 11.5 Å². The molecule has 1 aliphatic rings. The van der Waals surface area contributed by atoms with Gasteiger partial charge in [0.1, 0.15) is 11.4 Å². The van der Waals surface area contributed by atoms with Crippen LogP contribution in [0.15, 0.2) is 51.5 Å². The fourth-order valence-electron chi connectivity index (χ4n) is 3.05. The van der Waals surface area contributed by atoms with E-state index in [1.54, 1.807) is 12.1 Å². The summed E-state index contributed by atoms with van der Waals surface area (Å²) >= 11 is 3.46. The van der Waals surface area contributed by atoms with E-state index in [1.807, 2.05) is 12.1 Å². The number of aryl methyl sites for hydroxylation is 1. The molecule has 0 aliphatic heterocycles. The highest BCUT2D eigenvalue weighted by molar-refractivity contribution is 9.10. The third-order valence-electron chi connectivity index (χ3n) is 4.10. The van der Waals surface area contributed by atoms with Crippen LogP contribution in [0.5, 0.6) is 5.75 Å². The lowest BCUT2D eigenvalue weighted by Crippen LogP contribution is -2.16. The Morgan fingerprint density at radius 1 is 1.04 bits per heavy atom. The molecule has 7 heteroatoms. The van der Waals surface area contributed by atoms with Crippen LogP contribution in [0.4, 0.5) is 13.2 Å². The zero-order valence-corrected chi connectivity index (χ0v) is 14.3. The third-order valence-corrected chi connectivity index (χ3v) is 4.60. The van der Waals surface area contributed by atoms with E-state index in [0.29, 0.717) is 11.3 Å². The lowest BCUT2D eigenvalue weighted by Gasteiger charge is -2.15. The van der Waals surface area contributed by atoms with E-state index >= 15 is 0 Å². The minimum absolute atomic E-state index is 0.264. The minimum atomic E-state index is -4.70. The van der Waals surface area contributed by atoms with Gasteiger partial charge >= 0.3 is 6.36 Å². The Kier molecular flexibility index (Phi) is 3.83. The molecule has 3 nitrogen and oxygen atoms in total. The molecule has 1 heterocycles. The van der Waals surface area contributed by atoms with Crippen LogP contribution in [-0.2, 0) is 12.8 Å². The summed E-state index contributed by atoms with van der Waals surface area (Å²) in [6.07, 6.45) is -3.09. The normalized spacial score (nSPS) is 13.3. The summed E-state index contributed by atoms with van der Waals surface area (Å²) in [5.74, 6) is 0.321. The van der Waals surface area contributed by atoms with E-state index in [4.69, 9.17) is 4.52 Å². The van der Waals surface area contributed by atoms with E-state index in [2.05, 4.69) is 31.9 Å². The second-order valence-electron chi connectivity index (χ2n) is 5.71. The molecule has 1 aliphatic carbocycles. The van der Waals surface area contributed by atoms with Crippen LogP contribution in [0.3, 0.4) is 0 Å². The molecule has 0 saturated heterocycles. The molecule has 0 amide bonds. The number of nitrogens with zero attached hydrogens (tertiary/aromatic N) is 1. The standard InChI is InChI=1S/C18H11BrF3NO2/c19-12-4-8-14-11(9-12)3-7-15-16(14)23-25-17(15)10-1-5-13(6-2-10)24-18(20,21)22/h1-2,4-6,8-9H,3,7H2. The Labute approximate surface area is 149 Å². The lowest BCUT2D eigenvalue weighted by molar-refractivity contribution is -0.274. The van der Waals surface area contributed by atoms with Crippen molar-refractivity contribution in [1.82, 2.24) is 5.16 Å². The highest BCUT2D eigenvalue weighted by Gasteiger charge is 2.31. The van der Waals surface area contributed by atoms with Crippen LogP contribution >= 0.6 is 15.9 Å². The molecular formula is C18H11BrF3NO2. The Hall–Kier alpha value is -2.28. The average Bonchev–Trinajstić information content (AvgIpc) is 2.98. The Morgan fingerprint density at radius 2 is 1.80 bits per heavy atom. The monoisotopic (exact) mass is 409 g/mol. The van der Waals surface area contributed by atoms with Gasteiger partial charge in [-0.2, -0.15) is 0 Å². The summed E-state index contributed by atoms with van der Waals surface area (Å²) in [4.78, 5) is 0. The Morgan fingerprint density at radius 3 is 2.52 bits per heavy atom. The smallest absolute Gasteiger partial charge is 0.406 e. The topological polar surface area (TPSA) is 35.3 Å². The zero-order valence-electron chi connectivity index (χ0n) is 12.7. The van der Waals surface area contributed by atoms with Gasteiger partial charge in [0.25, 0.3) is 0 Å². The molecule has 2 aromatic carbocycles. The number of aromatic nitrogens is 1. The van der Waals surface area contributed by atoms with Crippen molar-refractivity contribution < 1.29 is 22.4 Å². The van der Waals surface area contributed by atoms with E-state index in [-0.39, 0.29) is 5.75 Å².